The van der Waals surface area contributed by atoms with Gasteiger partial charge >= 0.3 is 0 Å². The van der Waals surface area contributed by atoms with Crippen LogP contribution in [0, 0.1) is 6.92 Å². The van der Waals surface area contributed by atoms with Crippen LogP contribution in [0.5, 0.6) is 0 Å². The molecule has 2 aromatic carbocycles. The zero-order valence-corrected chi connectivity index (χ0v) is 15.0. The summed E-state index contributed by atoms with van der Waals surface area (Å²) in [6, 6.07) is 19.9. The average molecular weight is 351 g/mol. The predicted molar refractivity (Wildman–Crippen MR) is 103 cm³/mol. The van der Waals surface area contributed by atoms with Gasteiger partial charge in [0, 0.05) is 19.6 Å². The van der Waals surface area contributed by atoms with Crippen LogP contribution in [0.15, 0.2) is 60.7 Å². The largest absolute Gasteiger partial charge is 0.332 e. The molecule has 0 fully saturated rings. The van der Waals surface area contributed by atoms with Crippen molar-refractivity contribution in [3.05, 3.63) is 76.9 Å². The van der Waals surface area contributed by atoms with Gasteiger partial charge in [0.05, 0.1) is 9.88 Å². The van der Waals surface area contributed by atoms with Gasteiger partial charge in [-0.2, -0.15) is 0 Å². The van der Waals surface area contributed by atoms with Gasteiger partial charge < -0.3 is 10.6 Å². The Morgan fingerprint density at radius 3 is 2.36 bits per heavy atom. The van der Waals surface area contributed by atoms with Crippen LogP contribution in [-0.4, -0.2) is 28.9 Å². The summed E-state index contributed by atoms with van der Waals surface area (Å²) < 4.78 is 0. The average Bonchev–Trinajstić information content (AvgIpc) is 3.04. The molecule has 3 rings (SSSR count). The van der Waals surface area contributed by atoms with Crippen LogP contribution in [0.3, 0.4) is 0 Å². The molecule has 4 nitrogen and oxygen atoms in total. The summed E-state index contributed by atoms with van der Waals surface area (Å²) in [5.74, 6) is -0.0718. The van der Waals surface area contributed by atoms with Crippen molar-refractivity contribution in [1.29, 1.82) is 0 Å². The number of aryl methyl sites for hydroxylation is 1. The summed E-state index contributed by atoms with van der Waals surface area (Å²) >= 11 is 1.55. The molecule has 3 aromatic rings. The molecule has 0 unspecified atom stereocenters. The number of rotatable bonds is 6. The lowest BCUT2D eigenvalue weighted by molar-refractivity contribution is 0.0743. The van der Waals surface area contributed by atoms with Crippen LogP contribution < -0.4 is 5.73 Å². The zero-order valence-electron chi connectivity index (χ0n) is 14.2. The fraction of sp³-hybridized carbons (Fsp3) is 0.200. The van der Waals surface area contributed by atoms with Gasteiger partial charge in [-0.3, -0.25) is 4.79 Å². The lowest BCUT2D eigenvalue weighted by Crippen LogP contribution is -2.35. The fourth-order valence-corrected chi connectivity index (χ4v) is 3.63. The van der Waals surface area contributed by atoms with Crippen molar-refractivity contribution < 1.29 is 4.79 Å². The van der Waals surface area contributed by atoms with Crippen molar-refractivity contribution in [1.82, 2.24) is 9.88 Å². The molecule has 1 heterocycles. The number of aromatic nitrogens is 1. The van der Waals surface area contributed by atoms with Crippen LogP contribution in [0.2, 0.25) is 0 Å². The molecule has 0 aliphatic heterocycles. The number of hydrogen-bond acceptors (Lipinski definition) is 4. The molecule has 0 radical (unpaired) electrons. The first kappa shape index (κ1) is 17.3. The number of carbonyl (C=O) groups excluding carboxylic acids is 1. The molecule has 0 spiro atoms. The predicted octanol–water partition coefficient (Wildman–Crippen LogP) is 3.72. The minimum atomic E-state index is -0.0718. The molecule has 5 heteroatoms. The van der Waals surface area contributed by atoms with E-state index in [1.54, 1.807) is 16.2 Å². The highest BCUT2D eigenvalue weighted by Gasteiger charge is 2.23. The number of nitrogens with two attached hydrogens (primary N) is 1. The topological polar surface area (TPSA) is 59.2 Å². The third kappa shape index (κ3) is 4.13. The smallest absolute Gasteiger partial charge is 0.274 e. The third-order valence-electron chi connectivity index (χ3n) is 3.88. The van der Waals surface area contributed by atoms with Crippen molar-refractivity contribution in [2.45, 2.75) is 13.5 Å². The highest BCUT2D eigenvalue weighted by Crippen LogP contribution is 2.31. The SMILES string of the molecule is Cc1nc(C(=O)N(CCN)Cc2ccccc2)c(-c2ccccc2)s1. The van der Waals surface area contributed by atoms with Gasteiger partial charge in [0.1, 0.15) is 5.69 Å². The zero-order chi connectivity index (χ0) is 17.6. The summed E-state index contributed by atoms with van der Waals surface area (Å²) in [7, 11) is 0. The standard InChI is InChI=1S/C20H21N3OS/c1-15-22-18(19(25-15)17-10-6-3-7-11-17)20(24)23(13-12-21)14-16-8-4-2-5-9-16/h2-11H,12-14,21H2,1H3. The minimum absolute atomic E-state index is 0.0718. The van der Waals surface area contributed by atoms with Crippen molar-refractivity contribution in [3.8, 4) is 10.4 Å². The first-order chi connectivity index (χ1) is 12.2. The van der Waals surface area contributed by atoms with Gasteiger partial charge in [0.15, 0.2) is 0 Å². The molecular weight excluding hydrogens is 330 g/mol. The maximum Gasteiger partial charge on any atom is 0.274 e. The van der Waals surface area contributed by atoms with Crippen LogP contribution in [0.25, 0.3) is 10.4 Å². The number of carbonyl (C=O) groups is 1. The molecule has 0 saturated heterocycles. The number of nitrogens with zero attached hydrogens (tertiary/aromatic N) is 2. The molecule has 0 aliphatic carbocycles. The van der Waals surface area contributed by atoms with E-state index >= 15 is 0 Å². The molecule has 1 amide bonds. The van der Waals surface area contributed by atoms with E-state index in [1.165, 1.54) is 0 Å². The van der Waals surface area contributed by atoms with Crippen molar-refractivity contribution in [2.24, 2.45) is 5.73 Å². The van der Waals surface area contributed by atoms with Crippen LogP contribution in [0.1, 0.15) is 21.1 Å². The van der Waals surface area contributed by atoms with Crippen molar-refractivity contribution in [2.75, 3.05) is 13.1 Å². The van der Waals surface area contributed by atoms with E-state index < -0.39 is 0 Å². The number of amides is 1. The Labute approximate surface area is 151 Å². The lowest BCUT2D eigenvalue weighted by atomic mass is 10.1. The van der Waals surface area contributed by atoms with Gasteiger partial charge in [-0.25, -0.2) is 4.98 Å². The highest BCUT2D eigenvalue weighted by atomic mass is 32.1. The molecule has 25 heavy (non-hydrogen) atoms. The second kappa shape index (κ2) is 8.05. The Balaban J connectivity index is 1.92. The summed E-state index contributed by atoms with van der Waals surface area (Å²) in [6.07, 6.45) is 0. The number of thiazole rings is 1. The second-order valence-electron chi connectivity index (χ2n) is 5.78. The van der Waals surface area contributed by atoms with E-state index in [9.17, 15) is 4.79 Å². The first-order valence-corrected chi connectivity index (χ1v) is 9.07. The fourth-order valence-electron chi connectivity index (χ4n) is 2.72. The van der Waals surface area contributed by atoms with Crippen LogP contribution >= 0.6 is 11.3 Å². The van der Waals surface area contributed by atoms with E-state index in [0.717, 1.165) is 21.0 Å². The number of hydrogen-bond donors (Lipinski definition) is 1. The Morgan fingerprint density at radius 1 is 1.08 bits per heavy atom. The molecule has 0 bridgehead atoms. The van der Waals surface area contributed by atoms with Crippen molar-refractivity contribution in [3.63, 3.8) is 0 Å². The van der Waals surface area contributed by atoms with E-state index in [4.69, 9.17) is 5.73 Å². The molecule has 2 N–H and O–H groups in total. The summed E-state index contributed by atoms with van der Waals surface area (Å²) in [5, 5.41) is 0.884. The summed E-state index contributed by atoms with van der Waals surface area (Å²) in [6.45, 7) is 3.38. The number of benzene rings is 2. The first-order valence-electron chi connectivity index (χ1n) is 8.25. The Morgan fingerprint density at radius 2 is 1.72 bits per heavy atom. The third-order valence-corrected chi connectivity index (χ3v) is 4.90. The van der Waals surface area contributed by atoms with Gasteiger partial charge in [-0.1, -0.05) is 60.7 Å². The maximum absolute atomic E-state index is 13.2. The minimum Gasteiger partial charge on any atom is -0.332 e. The molecular formula is C20H21N3OS. The second-order valence-corrected chi connectivity index (χ2v) is 6.98. The van der Waals surface area contributed by atoms with E-state index in [2.05, 4.69) is 4.98 Å². The quantitative estimate of drug-likeness (QED) is 0.736. The monoisotopic (exact) mass is 351 g/mol. The Kier molecular flexibility index (Phi) is 5.58. The van der Waals surface area contributed by atoms with Crippen LogP contribution in [-0.2, 0) is 6.54 Å². The van der Waals surface area contributed by atoms with Gasteiger partial charge in [-0.15, -0.1) is 11.3 Å². The van der Waals surface area contributed by atoms with E-state index in [-0.39, 0.29) is 5.91 Å². The van der Waals surface area contributed by atoms with E-state index in [0.29, 0.717) is 25.3 Å². The van der Waals surface area contributed by atoms with Crippen LogP contribution in [0.4, 0.5) is 0 Å². The highest BCUT2D eigenvalue weighted by molar-refractivity contribution is 7.15. The molecule has 128 valence electrons. The molecule has 1 aromatic heterocycles. The molecule has 0 aliphatic rings. The Hall–Kier alpha value is -2.50. The van der Waals surface area contributed by atoms with Crippen molar-refractivity contribution >= 4 is 17.2 Å². The van der Waals surface area contributed by atoms with Gasteiger partial charge in [0.2, 0.25) is 0 Å². The maximum atomic E-state index is 13.2. The lowest BCUT2D eigenvalue weighted by Gasteiger charge is -2.22. The summed E-state index contributed by atoms with van der Waals surface area (Å²) in [4.78, 5) is 20.4. The molecule has 0 saturated carbocycles. The van der Waals surface area contributed by atoms with E-state index in [1.807, 2.05) is 67.6 Å². The molecule has 0 atom stereocenters. The Bertz CT molecular complexity index is 831. The summed E-state index contributed by atoms with van der Waals surface area (Å²) in [5.41, 5.74) is 8.35. The van der Waals surface area contributed by atoms with Gasteiger partial charge in [-0.05, 0) is 18.1 Å². The van der Waals surface area contributed by atoms with Gasteiger partial charge in [0.25, 0.3) is 5.91 Å². The normalized spacial score (nSPS) is 10.6.